The Kier molecular flexibility index (Phi) is 7.59. The Morgan fingerprint density at radius 3 is 2.19 bits per heavy atom. The molecule has 3 amide bonds. The lowest BCUT2D eigenvalue weighted by atomic mass is 10.1. The van der Waals surface area contributed by atoms with E-state index in [0.29, 0.717) is 6.54 Å². The van der Waals surface area contributed by atoms with Crippen LogP contribution in [-0.4, -0.2) is 24.8 Å². The highest BCUT2D eigenvalue weighted by Crippen LogP contribution is 2.16. The van der Waals surface area contributed by atoms with E-state index >= 15 is 0 Å². The molecule has 164 valence electrons. The summed E-state index contributed by atoms with van der Waals surface area (Å²) in [4.78, 5) is 37.5. The van der Waals surface area contributed by atoms with Crippen molar-refractivity contribution in [3.05, 3.63) is 95.6 Å². The Hall–Kier alpha value is -4.13. The lowest BCUT2D eigenvalue weighted by Gasteiger charge is -2.15. The van der Waals surface area contributed by atoms with Crippen LogP contribution in [0, 0.1) is 0 Å². The molecule has 0 saturated carbocycles. The summed E-state index contributed by atoms with van der Waals surface area (Å²) >= 11 is 0. The molecule has 1 atom stereocenters. The van der Waals surface area contributed by atoms with Gasteiger partial charge in [0, 0.05) is 6.54 Å². The molecule has 0 fully saturated rings. The van der Waals surface area contributed by atoms with Gasteiger partial charge in [-0.15, -0.1) is 0 Å². The summed E-state index contributed by atoms with van der Waals surface area (Å²) in [7, 11) is 1.59. The van der Waals surface area contributed by atoms with E-state index in [1.807, 2.05) is 54.6 Å². The Bertz CT molecular complexity index is 1080. The number of hydrogen-bond donors (Lipinski definition) is 3. The molecule has 0 bridgehead atoms. The van der Waals surface area contributed by atoms with Crippen molar-refractivity contribution in [2.45, 2.75) is 19.5 Å². The zero-order valence-electron chi connectivity index (χ0n) is 17.9. The molecule has 0 unspecified atom stereocenters. The average molecular weight is 431 g/mol. The summed E-state index contributed by atoms with van der Waals surface area (Å²) in [6, 6.07) is 22.9. The molecule has 3 aromatic carbocycles. The van der Waals surface area contributed by atoms with Crippen LogP contribution in [0.3, 0.4) is 0 Å². The van der Waals surface area contributed by atoms with E-state index in [0.717, 1.165) is 16.9 Å². The molecule has 0 spiro atoms. The van der Waals surface area contributed by atoms with Gasteiger partial charge in [-0.2, -0.15) is 0 Å². The Morgan fingerprint density at radius 2 is 1.50 bits per heavy atom. The molecular weight excluding hydrogens is 406 g/mol. The molecule has 0 aliphatic heterocycles. The first-order chi connectivity index (χ1) is 15.5. The van der Waals surface area contributed by atoms with Gasteiger partial charge in [0.15, 0.2) is 0 Å². The van der Waals surface area contributed by atoms with Gasteiger partial charge in [0.25, 0.3) is 5.91 Å². The summed E-state index contributed by atoms with van der Waals surface area (Å²) < 4.78 is 5.12. The van der Waals surface area contributed by atoms with Crippen LogP contribution in [0.4, 0.5) is 5.69 Å². The summed E-state index contributed by atoms with van der Waals surface area (Å²) in [6.45, 7) is 2.10. The minimum atomic E-state index is -0.844. The predicted octanol–water partition coefficient (Wildman–Crippen LogP) is 3.44. The van der Waals surface area contributed by atoms with Crippen molar-refractivity contribution in [1.82, 2.24) is 10.6 Å². The SMILES string of the molecule is COc1ccc(CNC(=O)c2ccccc2NC(=O)C(=O)N[C@@H](C)c2ccccc2)cc1. The molecule has 3 aromatic rings. The fourth-order valence-electron chi connectivity index (χ4n) is 3.08. The lowest BCUT2D eigenvalue weighted by molar-refractivity contribution is -0.136. The predicted molar refractivity (Wildman–Crippen MR) is 122 cm³/mol. The highest BCUT2D eigenvalue weighted by Gasteiger charge is 2.19. The van der Waals surface area contributed by atoms with Gasteiger partial charge in [0.1, 0.15) is 5.75 Å². The molecule has 3 rings (SSSR count). The van der Waals surface area contributed by atoms with Crippen molar-refractivity contribution in [3.8, 4) is 5.75 Å². The van der Waals surface area contributed by atoms with Gasteiger partial charge in [0.05, 0.1) is 24.4 Å². The van der Waals surface area contributed by atoms with Crippen LogP contribution >= 0.6 is 0 Å². The van der Waals surface area contributed by atoms with E-state index in [2.05, 4.69) is 16.0 Å². The van der Waals surface area contributed by atoms with Crippen molar-refractivity contribution in [2.75, 3.05) is 12.4 Å². The van der Waals surface area contributed by atoms with Crippen LogP contribution in [0.1, 0.15) is 34.5 Å². The van der Waals surface area contributed by atoms with E-state index < -0.39 is 11.8 Å². The minimum absolute atomic E-state index is 0.257. The lowest BCUT2D eigenvalue weighted by Crippen LogP contribution is -2.37. The number of rotatable bonds is 7. The molecule has 0 aromatic heterocycles. The van der Waals surface area contributed by atoms with Gasteiger partial charge >= 0.3 is 11.8 Å². The van der Waals surface area contributed by atoms with Crippen LogP contribution in [0.25, 0.3) is 0 Å². The Labute approximate surface area is 186 Å². The van der Waals surface area contributed by atoms with Gasteiger partial charge in [0.2, 0.25) is 0 Å². The average Bonchev–Trinajstić information content (AvgIpc) is 2.83. The van der Waals surface area contributed by atoms with E-state index in [1.165, 1.54) is 0 Å². The first-order valence-corrected chi connectivity index (χ1v) is 10.1. The van der Waals surface area contributed by atoms with Gasteiger partial charge in [-0.05, 0) is 42.3 Å². The fourth-order valence-corrected chi connectivity index (χ4v) is 3.08. The topological polar surface area (TPSA) is 96.5 Å². The largest absolute Gasteiger partial charge is 0.497 e. The van der Waals surface area contributed by atoms with E-state index in [9.17, 15) is 14.4 Å². The van der Waals surface area contributed by atoms with E-state index in [1.54, 1.807) is 38.3 Å². The minimum Gasteiger partial charge on any atom is -0.497 e. The number of anilines is 1. The number of benzene rings is 3. The summed E-state index contributed by atoms with van der Waals surface area (Å²) in [5.74, 6) is -1.26. The number of carbonyl (C=O) groups excluding carboxylic acids is 3. The highest BCUT2D eigenvalue weighted by atomic mass is 16.5. The third-order valence-electron chi connectivity index (χ3n) is 4.89. The van der Waals surface area contributed by atoms with Crippen LogP contribution in [0.15, 0.2) is 78.9 Å². The molecule has 0 radical (unpaired) electrons. The molecule has 3 N–H and O–H groups in total. The Morgan fingerprint density at radius 1 is 0.844 bits per heavy atom. The van der Waals surface area contributed by atoms with Crippen LogP contribution in [0.5, 0.6) is 5.75 Å². The van der Waals surface area contributed by atoms with Crippen molar-refractivity contribution in [1.29, 1.82) is 0 Å². The monoisotopic (exact) mass is 431 g/mol. The van der Waals surface area contributed by atoms with Crippen molar-refractivity contribution >= 4 is 23.4 Å². The number of para-hydroxylation sites is 1. The zero-order chi connectivity index (χ0) is 22.9. The van der Waals surface area contributed by atoms with Crippen molar-refractivity contribution in [2.24, 2.45) is 0 Å². The number of nitrogens with one attached hydrogen (secondary N) is 3. The second kappa shape index (κ2) is 10.8. The highest BCUT2D eigenvalue weighted by molar-refractivity contribution is 6.40. The molecule has 0 saturated heterocycles. The quantitative estimate of drug-likeness (QED) is 0.499. The third kappa shape index (κ3) is 5.95. The van der Waals surface area contributed by atoms with Crippen molar-refractivity contribution in [3.63, 3.8) is 0 Å². The maximum absolute atomic E-state index is 12.7. The smallest absolute Gasteiger partial charge is 0.313 e. The van der Waals surface area contributed by atoms with Gasteiger partial charge < -0.3 is 20.7 Å². The second-order valence-electron chi connectivity index (χ2n) is 7.14. The van der Waals surface area contributed by atoms with Crippen molar-refractivity contribution < 1.29 is 19.1 Å². The number of carbonyl (C=O) groups is 3. The van der Waals surface area contributed by atoms with Crippen LogP contribution < -0.4 is 20.7 Å². The number of hydrogen-bond acceptors (Lipinski definition) is 4. The van der Waals surface area contributed by atoms with Crippen LogP contribution in [0.2, 0.25) is 0 Å². The maximum atomic E-state index is 12.7. The van der Waals surface area contributed by atoms with E-state index in [-0.39, 0.29) is 23.2 Å². The molecule has 0 heterocycles. The molecule has 0 aliphatic rings. The first kappa shape index (κ1) is 22.6. The standard InChI is InChI=1S/C25H25N3O4/c1-17(19-8-4-3-5-9-19)27-24(30)25(31)28-22-11-7-6-10-21(22)23(29)26-16-18-12-14-20(32-2)15-13-18/h3-15,17H,16H2,1-2H3,(H,26,29)(H,27,30)(H,28,31)/t17-/m0/s1. The molecule has 32 heavy (non-hydrogen) atoms. The molecule has 0 aliphatic carbocycles. The molecule has 7 heteroatoms. The van der Waals surface area contributed by atoms with Crippen LogP contribution in [-0.2, 0) is 16.1 Å². The van der Waals surface area contributed by atoms with Gasteiger partial charge in [-0.1, -0.05) is 54.6 Å². The number of methoxy groups -OCH3 is 1. The number of amides is 3. The van der Waals surface area contributed by atoms with Gasteiger partial charge in [-0.25, -0.2) is 0 Å². The third-order valence-corrected chi connectivity index (χ3v) is 4.89. The fraction of sp³-hybridized carbons (Fsp3) is 0.160. The molecular formula is C25H25N3O4. The number of ether oxygens (including phenoxy) is 1. The summed E-state index contributed by atoms with van der Waals surface area (Å²) in [5.41, 5.74) is 2.30. The maximum Gasteiger partial charge on any atom is 0.313 e. The summed E-state index contributed by atoms with van der Waals surface area (Å²) in [5, 5.41) is 8.01. The normalized spacial score (nSPS) is 11.2. The first-order valence-electron chi connectivity index (χ1n) is 10.1. The van der Waals surface area contributed by atoms with Gasteiger partial charge in [-0.3, -0.25) is 14.4 Å². The Balaban J connectivity index is 1.61. The van der Waals surface area contributed by atoms with E-state index in [4.69, 9.17) is 4.74 Å². The summed E-state index contributed by atoms with van der Waals surface area (Å²) in [6.07, 6.45) is 0. The second-order valence-corrected chi connectivity index (χ2v) is 7.14. The molecule has 7 nitrogen and oxygen atoms in total. The zero-order valence-corrected chi connectivity index (χ0v) is 17.9.